The SMILES string of the molecule is CN(CC(=O)NC(C)(C)C)Cc1ccccc1[N+](=O)[O-]. The molecule has 1 amide bonds. The Hall–Kier alpha value is -1.95. The molecular formula is C14H21N3O3. The summed E-state index contributed by atoms with van der Waals surface area (Å²) in [6, 6.07) is 6.56. The van der Waals surface area contributed by atoms with Gasteiger partial charge in [0.1, 0.15) is 0 Å². The Morgan fingerprint density at radius 1 is 1.35 bits per heavy atom. The first-order valence-electron chi connectivity index (χ1n) is 6.41. The Morgan fingerprint density at radius 2 is 1.95 bits per heavy atom. The van der Waals surface area contributed by atoms with E-state index in [1.54, 1.807) is 30.1 Å². The largest absolute Gasteiger partial charge is 0.350 e. The second-order valence-electron chi connectivity index (χ2n) is 5.86. The van der Waals surface area contributed by atoms with Crippen LogP contribution in [0.3, 0.4) is 0 Å². The van der Waals surface area contributed by atoms with Gasteiger partial charge in [0.2, 0.25) is 5.91 Å². The number of nitro benzene ring substituents is 1. The summed E-state index contributed by atoms with van der Waals surface area (Å²) >= 11 is 0. The van der Waals surface area contributed by atoms with Crippen molar-refractivity contribution in [2.24, 2.45) is 0 Å². The standard InChI is InChI=1S/C14H21N3O3/c1-14(2,3)15-13(18)10-16(4)9-11-7-5-6-8-12(11)17(19)20/h5-8H,9-10H2,1-4H3,(H,15,18). The number of amides is 1. The van der Waals surface area contributed by atoms with Crippen LogP contribution in [0, 0.1) is 10.1 Å². The van der Waals surface area contributed by atoms with Gasteiger partial charge in [0.05, 0.1) is 11.5 Å². The van der Waals surface area contributed by atoms with Gasteiger partial charge in [-0.05, 0) is 27.8 Å². The molecule has 1 aromatic rings. The molecule has 0 fully saturated rings. The van der Waals surface area contributed by atoms with Crippen molar-refractivity contribution in [3.05, 3.63) is 39.9 Å². The fourth-order valence-corrected chi connectivity index (χ4v) is 1.87. The zero-order valence-electron chi connectivity index (χ0n) is 12.3. The van der Waals surface area contributed by atoms with Gasteiger partial charge in [0, 0.05) is 23.7 Å². The normalized spacial score (nSPS) is 11.4. The number of hydrogen-bond acceptors (Lipinski definition) is 4. The summed E-state index contributed by atoms with van der Waals surface area (Å²) in [6.45, 7) is 6.28. The average Bonchev–Trinajstić information content (AvgIpc) is 2.26. The fourth-order valence-electron chi connectivity index (χ4n) is 1.87. The van der Waals surface area contributed by atoms with Crippen LogP contribution >= 0.6 is 0 Å². The van der Waals surface area contributed by atoms with Gasteiger partial charge in [0.25, 0.3) is 5.69 Å². The second-order valence-corrected chi connectivity index (χ2v) is 5.86. The van der Waals surface area contributed by atoms with Gasteiger partial charge in [-0.3, -0.25) is 19.8 Å². The summed E-state index contributed by atoms with van der Waals surface area (Å²) in [5.74, 6) is -0.0985. The summed E-state index contributed by atoms with van der Waals surface area (Å²) in [7, 11) is 1.76. The summed E-state index contributed by atoms with van der Waals surface area (Å²) in [4.78, 5) is 24.1. The number of likely N-dealkylation sites (N-methyl/N-ethyl adjacent to an activating group) is 1. The average molecular weight is 279 g/mol. The molecule has 0 spiro atoms. The second kappa shape index (κ2) is 6.47. The Balaban J connectivity index is 2.65. The zero-order valence-corrected chi connectivity index (χ0v) is 12.3. The van der Waals surface area contributed by atoms with Crippen molar-refractivity contribution in [1.29, 1.82) is 0 Å². The molecule has 0 bridgehead atoms. The lowest BCUT2D eigenvalue weighted by molar-refractivity contribution is -0.385. The van der Waals surface area contributed by atoms with Gasteiger partial charge in [-0.25, -0.2) is 0 Å². The third kappa shape index (κ3) is 5.36. The van der Waals surface area contributed by atoms with E-state index in [1.807, 2.05) is 20.8 Å². The molecule has 0 radical (unpaired) electrons. The molecule has 0 heterocycles. The van der Waals surface area contributed by atoms with E-state index in [-0.39, 0.29) is 23.7 Å². The molecule has 0 saturated carbocycles. The first-order chi connectivity index (χ1) is 9.19. The molecule has 110 valence electrons. The number of rotatable bonds is 5. The quantitative estimate of drug-likeness (QED) is 0.660. The molecule has 0 aliphatic carbocycles. The van der Waals surface area contributed by atoms with Crippen LogP contribution in [0.5, 0.6) is 0 Å². The van der Waals surface area contributed by atoms with Crippen molar-refractivity contribution in [3.63, 3.8) is 0 Å². The predicted octanol–water partition coefficient (Wildman–Crippen LogP) is 1.94. The summed E-state index contributed by atoms with van der Waals surface area (Å²) in [5.41, 5.74) is 0.399. The highest BCUT2D eigenvalue weighted by Crippen LogP contribution is 2.18. The maximum Gasteiger partial charge on any atom is 0.273 e. The van der Waals surface area contributed by atoms with Crippen LogP contribution in [0.25, 0.3) is 0 Å². The minimum atomic E-state index is -0.404. The number of nitro groups is 1. The Morgan fingerprint density at radius 3 is 2.50 bits per heavy atom. The van der Waals surface area contributed by atoms with E-state index in [0.717, 1.165) is 0 Å². The van der Waals surface area contributed by atoms with Crippen LogP contribution in [0.4, 0.5) is 5.69 Å². The minimum absolute atomic E-state index is 0.0792. The van der Waals surface area contributed by atoms with Gasteiger partial charge >= 0.3 is 0 Å². The first kappa shape index (κ1) is 16.1. The minimum Gasteiger partial charge on any atom is -0.350 e. The van der Waals surface area contributed by atoms with E-state index in [2.05, 4.69) is 5.32 Å². The zero-order chi connectivity index (χ0) is 15.3. The number of nitrogens with zero attached hydrogens (tertiary/aromatic N) is 2. The topological polar surface area (TPSA) is 75.5 Å². The van der Waals surface area contributed by atoms with Crippen molar-refractivity contribution in [1.82, 2.24) is 10.2 Å². The molecule has 1 N–H and O–H groups in total. The smallest absolute Gasteiger partial charge is 0.273 e. The molecule has 6 nitrogen and oxygen atoms in total. The van der Waals surface area contributed by atoms with Crippen molar-refractivity contribution in [2.75, 3.05) is 13.6 Å². The highest BCUT2D eigenvalue weighted by atomic mass is 16.6. The number of hydrogen-bond donors (Lipinski definition) is 1. The van der Waals surface area contributed by atoms with Crippen molar-refractivity contribution < 1.29 is 9.72 Å². The lowest BCUT2D eigenvalue weighted by Gasteiger charge is -2.23. The van der Waals surface area contributed by atoms with E-state index in [4.69, 9.17) is 0 Å². The maximum atomic E-state index is 11.8. The van der Waals surface area contributed by atoms with E-state index >= 15 is 0 Å². The van der Waals surface area contributed by atoms with Crippen LogP contribution in [-0.4, -0.2) is 34.9 Å². The monoisotopic (exact) mass is 279 g/mol. The molecular weight excluding hydrogens is 258 g/mol. The highest BCUT2D eigenvalue weighted by Gasteiger charge is 2.17. The van der Waals surface area contributed by atoms with Gasteiger partial charge in [-0.15, -0.1) is 0 Å². The summed E-state index contributed by atoms with van der Waals surface area (Å²) < 4.78 is 0. The molecule has 1 aromatic carbocycles. The lowest BCUT2D eigenvalue weighted by Crippen LogP contribution is -2.45. The van der Waals surface area contributed by atoms with Crippen LogP contribution in [0.15, 0.2) is 24.3 Å². The van der Waals surface area contributed by atoms with Crippen LogP contribution < -0.4 is 5.32 Å². The van der Waals surface area contributed by atoms with Crippen molar-refractivity contribution >= 4 is 11.6 Å². The summed E-state index contributed by atoms with van der Waals surface area (Å²) in [6.07, 6.45) is 0. The molecule has 0 aromatic heterocycles. The Kier molecular flexibility index (Phi) is 5.21. The molecule has 20 heavy (non-hydrogen) atoms. The molecule has 0 atom stereocenters. The van der Waals surface area contributed by atoms with Crippen molar-refractivity contribution in [2.45, 2.75) is 32.9 Å². The third-order valence-corrected chi connectivity index (χ3v) is 2.56. The first-order valence-corrected chi connectivity index (χ1v) is 6.41. The van der Waals surface area contributed by atoms with Crippen LogP contribution in [0.2, 0.25) is 0 Å². The van der Waals surface area contributed by atoms with E-state index < -0.39 is 4.92 Å². The third-order valence-electron chi connectivity index (χ3n) is 2.56. The molecule has 0 aliphatic rings. The van der Waals surface area contributed by atoms with E-state index in [0.29, 0.717) is 12.1 Å². The number of carbonyl (C=O) groups is 1. The lowest BCUT2D eigenvalue weighted by atomic mass is 10.1. The predicted molar refractivity (Wildman–Crippen MR) is 77.3 cm³/mol. The Labute approximate surface area is 118 Å². The summed E-state index contributed by atoms with van der Waals surface area (Å²) in [5, 5.41) is 13.8. The van der Waals surface area contributed by atoms with Gasteiger partial charge < -0.3 is 5.32 Å². The molecule has 0 aliphatic heterocycles. The van der Waals surface area contributed by atoms with Gasteiger partial charge in [-0.1, -0.05) is 18.2 Å². The number of para-hydroxylation sites is 1. The highest BCUT2D eigenvalue weighted by molar-refractivity contribution is 5.78. The fraction of sp³-hybridized carbons (Fsp3) is 0.500. The van der Waals surface area contributed by atoms with E-state index in [9.17, 15) is 14.9 Å². The van der Waals surface area contributed by atoms with E-state index in [1.165, 1.54) is 6.07 Å². The molecule has 6 heteroatoms. The molecule has 1 rings (SSSR count). The molecule has 0 saturated heterocycles. The Bertz CT molecular complexity index is 495. The number of nitrogens with one attached hydrogen (secondary N) is 1. The van der Waals surface area contributed by atoms with Crippen molar-refractivity contribution in [3.8, 4) is 0 Å². The van der Waals surface area contributed by atoms with Gasteiger partial charge in [-0.2, -0.15) is 0 Å². The molecule has 0 unspecified atom stereocenters. The number of carbonyl (C=O) groups excluding carboxylic acids is 1. The maximum absolute atomic E-state index is 11.8. The van der Waals surface area contributed by atoms with Crippen LogP contribution in [0.1, 0.15) is 26.3 Å². The van der Waals surface area contributed by atoms with Gasteiger partial charge in [0.15, 0.2) is 0 Å². The number of benzene rings is 1. The van der Waals surface area contributed by atoms with Crippen LogP contribution in [-0.2, 0) is 11.3 Å².